The summed E-state index contributed by atoms with van der Waals surface area (Å²) in [7, 11) is 1.46. The van der Waals surface area contributed by atoms with E-state index >= 15 is 0 Å². The van der Waals surface area contributed by atoms with E-state index in [4.69, 9.17) is 32.7 Å². The van der Waals surface area contributed by atoms with Crippen LogP contribution in [0.1, 0.15) is 11.1 Å². The summed E-state index contributed by atoms with van der Waals surface area (Å²) in [4.78, 5) is 38.6. The van der Waals surface area contributed by atoms with E-state index in [-0.39, 0.29) is 27.2 Å². The van der Waals surface area contributed by atoms with Crippen LogP contribution in [0.4, 0.5) is 14.9 Å². The maximum atomic E-state index is 13.3. The zero-order valence-electron chi connectivity index (χ0n) is 19.3. The van der Waals surface area contributed by atoms with Gasteiger partial charge in [-0.1, -0.05) is 53.5 Å². The summed E-state index contributed by atoms with van der Waals surface area (Å²) in [6.45, 7) is -0.241. The van der Waals surface area contributed by atoms with Crippen LogP contribution in [0.2, 0.25) is 10.0 Å². The van der Waals surface area contributed by atoms with E-state index < -0.39 is 29.4 Å². The number of imide groups is 1. The van der Waals surface area contributed by atoms with Gasteiger partial charge in [0.05, 0.1) is 22.1 Å². The third-order valence-corrected chi connectivity index (χ3v) is 6.63. The SMILES string of the molecule is COc1cc(/C=C2\SC(=O)N(CC(=O)Nc3ccc(F)c(Cl)c3)C2=O)cc(Cl)c1OCc1ccccc1. The highest BCUT2D eigenvalue weighted by molar-refractivity contribution is 8.18. The van der Waals surface area contributed by atoms with Gasteiger partial charge in [-0.15, -0.1) is 0 Å². The van der Waals surface area contributed by atoms with Gasteiger partial charge in [-0.2, -0.15) is 0 Å². The molecule has 0 saturated carbocycles. The first-order valence-corrected chi connectivity index (χ1v) is 12.4. The van der Waals surface area contributed by atoms with Gasteiger partial charge in [0.25, 0.3) is 11.1 Å². The number of amides is 3. The first kappa shape index (κ1) is 26.5. The molecule has 11 heteroatoms. The average Bonchev–Trinajstić information content (AvgIpc) is 3.13. The number of carbonyl (C=O) groups is 3. The Morgan fingerprint density at radius 1 is 1.08 bits per heavy atom. The fourth-order valence-electron chi connectivity index (χ4n) is 3.40. The van der Waals surface area contributed by atoms with Gasteiger partial charge in [0.15, 0.2) is 11.5 Å². The number of ether oxygens (including phenoxy) is 2. The fourth-order valence-corrected chi connectivity index (χ4v) is 4.69. The number of nitrogens with zero attached hydrogens (tertiary/aromatic N) is 1. The lowest BCUT2D eigenvalue weighted by Crippen LogP contribution is -2.36. The number of nitrogens with one attached hydrogen (secondary N) is 1. The van der Waals surface area contributed by atoms with Crippen LogP contribution in [0.15, 0.2) is 65.6 Å². The molecule has 0 unspecified atom stereocenters. The monoisotopic (exact) mass is 560 g/mol. The third-order valence-electron chi connectivity index (χ3n) is 5.15. The lowest BCUT2D eigenvalue weighted by Gasteiger charge is -2.14. The summed E-state index contributed by atoms with van der Waals surface area (Å²) in [6, 6.07) is 16.4. The largest absolute Gasteiger partial charge is 0.493 e. The highest BCUT2D eigenvalue weighted by Gasteiger charge is 2.36. The Labute approximate surface area is 226 Å². The molecule has 3 aromatic rings. The average molecular weight is 561 g/mol. The van der Waals surface area contributed by atoms with Crippen molar-refractivity contribution in [1.82, 2.24) is 4.90 Å². The lowest BCUT2D eigenvalue weighted by atomic mass is 10.1. The van der Waals surface area contributed by atoms with Crippen LogP contribution in [-0.2, 0) is 16.2 Å². The quantitative estimate of drug-likeness (QED) is 0.321. The van der Waals surface area contributed by atoms with Gasteiger partial charge in [0, 0.05) is 5.69 Å². The molecule has 0 aromatic heterocycles. The number of carbonyl (C=O) groups excluding carboxylic acids is 3. The second-order valence-electron chi connectivity index (χ2n) is 7.75. The Morgan fingerprint density at radius 3 is 2.54 bits per heavy atom. The molecule has 3 aromatic carbocycles. The Bertz CT molecular complexity index is 1400. The Morgan fingerprint density at radius 2 is 1.84 bits per heavy atom. The van der Waals surface area contributed by atoms with E-state index in [1.165, 1.54) is 25.3 Å². The smallest absolute Gasteiger partial charge is 0.294 e. The molecule has 1 fully saturated rings. The van der Waals surface area contributed by atoms with Crippen LogP contribution in [-0.4, -0.2) is 35.6 Å². The number of hydrogen-bond acceptors (Lipinski definition) is 6. The molecule has 0 spiro atoms. The summed E-state index contributed by atoms with van der Waals surface area (Å²) < 4.78 is 24.6. The number of methoxy groups -OCH3 is 1. The third kappa shape index (κ3) is 6.43. The van der Waals surface area contributed by atoms with Gasteiger partial charge >= 0.3 is 0 Å². The zero-order chi connectivity index (χ0) is 26.5. The summed E-state index contributed by atoms with van der Waals surface area (Å²) in [6.07, 6.45) is 1.48. The number of rotatable bonds is 8. The molecule has 1 aliphatic heterocycles. The Balaban J connectivity index is 1.46. The van der Waals surface area contributed by atoms with Crippen LogP contribution in [0.25, 0.3) is 6.08 Å². The number of benzene rings is 3. The van der Waals surface area contributed by atoms with Crippen molar-refractivity contribution in [3.63, 3.8) is 0 Å². The summed E-state index contributed by atoms with van der Waals surface area (Å²) >= 11 is 12.8. The van der Waals surface area contributed by atoms with Crippen molar-refractivity contribution in [1.29, 1.82) is 0 Å². The van der Waals surface area contributed by atoms with Crippen molar-refractivity contribution in [2.24, 2.45) is 0 Å². The van der Waals surface area contributed by atoms with E-state index in [9.17, 15) is 18.8 Å². The first-order valence-electron chi connectivity index (χ1n) is 10.8. The molecular weight excluding hydrogens is 542 g/mol. The van der Waals surface area contributed by atoms with Gasteiger partial charge in [-0.3, -0.25) is 19.3 Å². The molecule has 1 aliphatic rings. The fraction of sp³-hybridized carbons (Fsp3) is 0.115. The van der Waals surface area contributed by atoms with E-state index in [2.05, 4.69) is 5.32 Å². The molecule has 1 N–H and O–H groups in total. The second-order valence-corrected chi connectivity index (χ2v) is 9.56. The van der Waals surface area contributed by atoms with Gasteiger partial charge in [-0.05, 0) is 59.3 Å². The Kier molecular flexibility index (Phi) is 8.38. The summed E-state index contributed by atoms with van der Waals surface area (Å²) in [5.74, 6) is -1.22. The molecule has 0 atom stereocenters. The molecule has 7 nitrogen and oxygen atoms in total. The highest BCUT2D eigenvalue weighted by Crippen LogP contribution is 2.39. The normalized spacial score (nSPS) is 14.3. The molecular formula is C26H19Cl2FN2O5S. The molecule has 0 aliphatic carbocycles. The maximum absolute atomic E-state index is 13.3. The zero-order valence-corrected chi connectivity index (χ0v) is 21.6. The molecule has 37 heavy (non-hydrogen) atoms. The number of hydrogen-bond donors (Lipinski definition) is 1. The van der Waals surface area contributed by atoms with Gasteiger partial charge in [0.2, 0.25) is 5.91 Å². The minimum atomic E-state index is -0.643. The van der Waals surface area contributed by atoms with Crippen molar-refractivity contribution in [3.8, 4) is 11.5 Å². The van der Waals surface area contributed by atoms with Crippen molar-refractivity contribution < 1.29 is 28.2 Å². The van der Waals surface area contributed by atoms with Crippen LogP contribution in [0.3, 0.4) is 0 Å². The van der Waals surface area contributed by atoms with Crippen molar-refractivity contribution in [3.05, 3.63) is 92.6 Å². The lowest BCUT2D eigenvalue weighted by molar-refractivity contribution is -0.127. The predicted molar refractivity (Wildman–Crippen MR) is 141 cm³/mol. The molecule has 0 bridgehead atoms. The van der Waals surface area contributed by atoms with E-state index in [0.717, 1.165) is 16.5 Å². The Hall–Kier alpha value is -3.53. The first-order chi connectivity index (χ1) is 17.7. The van der Waals surface area contributed by atoms with Crippen LogP contribution < -0.4 is 14.8 Å². The van der Waals surface area contributed by atoms with Gasteiger partial charge in [-0.25, -0.2) is 4.39 Å². The van der Waals surface area contributed by atoms with Crippen molar-refractivity contribution in [2.75, 3.05) is 19.0 Å². The van der Waals surface area contributed by atoms with Gasteiger partial charge in [0.1, 0.15) is 19.0 Å². The number of thioether (sulfide) groups is 1. The highest BCUT2D eigenvalue weighted by atomic mass is 35.5. The van der Waals surface area contributed by atoms with E-state index in [1.54, 1.807) is 12.1 Å². The molecule has 190 valence electrons. The molecule has 0 radical (unpaired) electrons. The van der Waals surface area contributed by atoms with E-state index in [1.807, 2.05) is 30.3 Å². The van der Waals surface area contributed by atoms with Crippen molar-refractivity contribution in [2.45, 2.75) is 6.61 Å². The maximum Gasteiger partial charge on any atom is 0.294 e. The topological polar surface area (TPSA) is 84.9 Å². The number of halogens is 3. The minimum Gasteiger partial charge on any atom is -0.493 e. The molecule has 4 rings (SSSR count). The van der Waals surface area contributed by atoms with Crippen molar-refractivity contribution >= 4 is 63.8 Å². The second kappa shape index (κ2) is 11.7. The standard InChI is InChI=1S/C26H19Cl2FN2O5S/c1-35-21-10-16(9-19(28)24(21)36-14-15-5-3-2-4-6-15)11-22-25(33)31(26(34)37-22)13-23(32)30-17-7-8-20(29)18(27)12-17/h2-12H,13-14H2,1H3,(H,30,32)/b22-11-. The number of anilines is 1. The molecule has 3 amide bonds. The summed E-state index contributed by atoms with van der Waals surface area (Å²) in [5, 5.41) is 1.97. The summed E-state index contributed by atoms with van der Waals surface area (Å²) in [5.41, 5.74) is 1.69. The molecule has 1 heterocycles. The van der Waals surface area contributed by atoms with Crippen LogP contribution >= 0.6 is 35.0 Å². The van der Waals surface area contributed by atoms with E-state index in [0.29, 0.717) is 28.8 Å². The van der Waals surface area contributed by atoms with Gasteiger partial charge < -0.3 is 14.8 Å². The minimum absolute atomic E-state index is 0.110. The predicted octanol–water partition coefficient (Wildman–Crippen LogP) is 6.40. The van der Waals surface area contributed by atoms with Crippen LogP contribution in [0, 0.1) is 5.82 Å². The molecule has 1 saturated heterocycles. The van der Waals surface area contributed by atoms with Crippen LogP contribution in [0.5, 0.6) is 11.5 Å².